The van der Waals surface area contributed by atoms with E-state index < -0.39 is 0 Å². The molecule has 1 aliphatic heterocycles. The van der Waals surface area contributed by atoms with Crippen molar-refractivity contribution in [1.29, 1.82) is 0 Å². The minimum atomic E-state index is 0.300. The number of Topliss-reactive ketones (excluding diaryl/α,β-unsaturated/α-hetero) is 1. The molecule has 1 saturated heterocycles. The van der Waals surface area contributed by atoms with Crippen molar-refractivity contribution in [2.45, 2.75) is 64.9 Å². The van der Waals surface area contributed by atoms with E-state index in [0.717, 1.165) is 38.7 Å². The van der Waals surface area contributed by atoms with Crippen LogP contribution in [-0.4, -0.2) is 18.5 Å². The molecule has 0 saturated carbocycles. The van der Waals surface area contributed by atoms with E-state index in [-0.39, 0.29) is 0 Å². The Morgan fingerprint density at radius 3 is 2.67 bits per heavy atom. The summed E-state index contributed by atoms with van der Waals surface area (Å²) in [5, 5.41) is 0. The van der Waals surface area contributed by atoms with Crippen molar-refractivity contribution >= 4 is 5.78 Å². The lowest BCUT2D eigenvalue weighted by Gasteiger charge is -2.12. The summed E-state index contributed by atoms with van der Waals surface area (Å²) in [6.45, 7) is 5.13. The van der Waals surface area contributed by atoms with Crippen LogP contribution in [-0.2, 0) is 9.53 Å². The molecule has 0 aromatic heterocycles. The van der Waals surface area contributed by atoms with Crippen LogP contribution in [0.15, 0.2) is 0 Å². The fourth-order valence-corrected chi connectivity index (χ4v) is 2.32. The molecule has 1 rings (SSSR count). The number of hydrogen-bond acceptors (Lipinski definition) is 2. The standard InChI is InChI=1S/C13H24O2/c1-3-11(4-2)13(14)9-5-7-12-8-6-10-15-12/h11-12H,3-10H2,1-2H3. The summed E-state index contributed by atoms with van der Waals surface area (Å²) in [5.74, 6) is 0.757. The molecule has 0 bridgehead atoms. The van der Waals surface area contributed by atoms with Crippen molar-refractivity contribution in [3.63, 3.8) is 0 Å². The Bertz CT molecular complexity index is 179. The van der Waals surface area contributed by atoms with Gasteiger partial charge in [0.15, 0.2) is 0 Å². The smallest absolute Gasteiger partial charge is 0.135 e. The summed E-state index contributed by atoms with van der Waals surface area (Å²) in [6, 6.07) is 0. The van der Waals surface area contributed by atoms with E-state index >= 15 is 0 Å². The number of carbonyl (C=O) groups is 1. The average Bonchev–Trinajstić information content (AvgIpc) is 2.72. The fraction of sp³-hybridized carbons (Fsp3) is 0.923. The quantitative estimate of drug-likeness (QED) is 0.647. The third-order valence-corrected chi connectivity index (χ3v) is 3.41. The first-order valence-electron chi connectivity index (χ1n) is 6.42. The molecular formula is C13H24O2. The summed E-state index contributed by atoms with van der Waals surface area (Å²) >= 11 is 0. The lowest BCUT2D eigenvalue weighted by Crippen LogP contribution is -2.13. The molecule has 1 aliphatic rings. The Labute approximate surface area is 93.4 Å². The zero-order chi connectivity index (χ0) is 11.1. The van der Waals surface area contributed by atoms with Gasteiger partial charge in [-0.05, 0) is 38.5 Å². The van der Waals surface area contributed by atoms with Crippen LogP contribution in [0.4, 0.5) is 0 Å². The molecule has 0 aromatic carbocycles. The maximum atomic E-state index is 11.7. The number of ketones is 1. The maximum absolute atomic E-state index is 11.7. The van der Waals surface area contributed by atoms with Crippen molar-refractivity contribution in [1.82, 2.24) is 0 Å². The van der Waals surface area contributed by atoms with Crippen LogP contribution in [0.5, 0.6) is 0 Å². The largest absolute Gasteiger partial charge is 0.378 e. The lowest BCUT2D eigenvalue weighted by molar-refractivity contribution is -0.123. The molecule has 0 spiro atoms. The van der Waals surface area contributed by atoms with Gasteiger partial charge < -0.3 is 4.74 Å². The van der Waals surface area contributed by atoms with Gasteiger partial charge in [-0.2, -0.15) is 0 Å². The SMILES string of the molecule is CCC(CC)C(=O)CCCC1CCCO1. The van der Waals surface area contributed by atoms with E-state index in [0.29, 0.717) is 17.8 Å². The van der Waals surface area contributed by atoms with Crippen LogP contribution in [0.25, 0.3) is 0 Å². The van der Waals surface area contributed by atoms with E-state index in [2.05, 4.69) is 13.8 Å². The van der Waals surface area contributed by atoms with Gasteiger partial charge in [0.1, 0.15) is 5.78 Å². The molecule has 0 radical (unpaired) electrons. The molecule has 0 N–H and O–H groups in total. The molecule has 2 nitrogen and oxygen atoms in total. The predicted octanol–water partition coefficient (Wildman–Crippen LogP) is 3.34. The van der Waals surface area contributed by atoms with Crippen molar-refractivity contribution < 1.29 is 9.53 Å². The Morgan fingerprint density at radius 2 is 2.13 bits per heavy atom. The van der Waals surface area contributed by atoms with Gasteiger partial charge in [0.25, 0.3) is 0 Å². The van der Waals surface area contributed by atoms with Gasteiger partial charge in [0, 0.05) is 18.9 Å². The summed E-state index contributed by atoms with van der Waals surface area (Å²) < 4.78 is 5.54. The van der Waals surface area contributed by atoms with Crippen LogP contribution >= 0.6 is 0 Å². The highest BCUT2D eigenvalue weighted by Gasteiger charge is 2.17. The van der Waals surface area contributed by atoms with Gasteiger partial charge in [-0.25, -0.2) is 0 Å². The van der Waals surface area contributed by atoms with Gasteiger partial charge in [-0.1, -0.05) is 13.8 Å². The number of hydrogen-bond donors (Lipinski definition) is 0. The highest BCUT2D eigenvalue weighted by Crippen LogP contribution is 2.19. The van der Waals surface area contributed by atoms with Crippen LogP contribution in [0.2, 0.25) is 0 Å². The Morgan fingerprint density at radius 1 is 1.40 bits per heavy atom. The number of rotatable bonds is 7. The molecule has 0 aliphatic carbocycles. The van der Waals surface area contributed by atoms with Crippen molar-refractivity contribution in [3.05, 3.63) is 0 Å². The van der Waals surface area contributed by atoms with Crippen LogP contribution in [0.1, 0.15) is 58.8 Å². The zero-order valence-electron chi connectivity index (χ0n) is 10.1. The Kier molecular flexibility index (Phi) is 5.92. The van der Waals surface area contributed by atoms with E-state index in [1.165, 1.54) is 12.8 Å². The Balaban J connectivity index is 2.10. The first-order valence-corrected chi connectivity index (χ1v) is 6.42. The fourth-order valence-electron chi connectivity index (χ4n) is 2.32. The van der Waals surface area contributed by atoms with E-state index in [1.807, 2.05) is 0 Å². The van der Waals surface area contributed by atoms with E-state index in [1.54, 1.807) is 0 Å². The molecule has 0 aromatic rings. The predicted molar refractivity (Wildman–Crippen MR) is 61.9 cm³/mol. The molecular weight excluding hydrogens is 188 g/mol. The molecule has 1 fully saturated rings. The normalized spacial score (nSPS) is 21.1. The van der Waals surface area contributed by atoms with Crippen molar-refractivity contribution in [3.8, 4) is 0 Å². The molecule has 15 heavy (non-hydrogen) atoms. The van der Waals surface area contributed by atoms with Crippen LogP contribution in [0, 0.1) is 5.92 Å². The monoisotopic (exact) mass is 212 g/mol. The van der Waals surface area contributed by atoms with Gasteiger partial charge >= 0.3 is 0 Å². The second-order valence-corrected chi connectivity index (χ2v) is 4.51. The van der Waals surface area contributed by atoms with Gasteiger partial charge in [-0.15, -0.1) is 0 Å². The third kappa shape index (κ3) is 4.33. The molecule has 1 heterocycles. The molecule has 88 valence electrons. The third-order valence-electron chi connectivity index (χ3n) is 3.41. The van der Waals surface area contributed by atoms with Crippen LogP contribution < -0.4 is 0 Å². The minimum Gasteiger partial charge on any atom is -0.378 e. The molecule has 1 unspecified atom stereocenters. The first kappa shape index (κ1) is 12.7. The second kappa shape index (κ2) is 7.00. The summed E-state index contributed by atoms with van der Waals surface area (Å²) in [5.41, 5.74) is 0. The lowest BCUT2D eigenvalue weighted by atomic mass is 9.94. The molecule has 1 atom stereocenters. The second-order valence-electron chi connectivity index (χ2n) is 4.51. The van der Waals surface area contributed by atoms with Crippen LogP contribution in [0.3, 0.4) is 0 Å². The van der Waals surface area contributed by atoms with Crippen molar-refractivity contribution in [2.24, 2.45) is 5.92 Å². The number of ether oxygens (including phenoxy) is 1. The maximum Gasteiger partial charge on any atom is 0.135 e. The van der Waals surface area contributed by atoms with Crippen molar-refractivity contribution in [2.75, 3.05) is 6.61 Å². The summed E-state index contributed by atoms with van der Waals surface area (Å²) in [4.78, 5) is 11.7. The zero-order valence-corrected chi connectivity index (χ0v) is 10.1. The molecule has 0 amide bonds. The van der Waals surface area contributed by atoms with E-state index in [9.17, 15) is 4.79 Å². The van der Waals surface area contributed by atoms with Gasteiger partial charge in [0.05, 0.1) is 6.10 Å². The summed E-state index contributed by atoms with van der Waals surface area (Å²) in [7, 11) is 0. The van der Waals surface area contributed by atoms with Gasteiger partial charge in [0.2, 0.25) is 0 Å². The van der Waals surface area contributed by atoms with Gasteiger partial charge in [-0.3, -0.25) is 4.79 Å². The topological polar surface area (TPSA) is 26.3 Å². The number of carbonyl (C=O) groups excluding carboxylic acids is 1. The summed E-state index contributed by atoms with van der Waals surface area (Å²) in [6.07, 6.45) is 7.67. The highest BCUT2D eigenvalue weighted by molar-refractivity contribution is 5.80. The first-order chi connectivity index (χ1) is 7.27. The molecule has 2 heteroatoms. The Hall–Kier alpha value is -0.370. The van der Waals surface area contributed by atoms with E-state index in [4.69, 9.17) is 4.74 Å². The minimum absolute atomic E-state index is 0.300. The highest BCUT2D eigenvalue weighted by atomic mass is 16.5. The average molecular weight is 212 g/mol.